The Morgan fingerprint density at radius 3 is 2.53 bits per heavy atom. The van der Waals surface area contributed by atoms with Gasteiger partial charge < -0.3 is 9.47 Å². The number of hydrogen-bond donors (Lipinski definition) is 0. The summed E-state index contributed by atoms with van der Waals surface area (Å²) in [5.41, 5.74) is 1.22. The van der Waals surface area contributed by atoms with Crippen LogP contribution in [0.5, 0.6) is 0 Å². The zero-order valence-corrected chi connectivity index (χ0v) is 9.02. The van der Waals surface area contributed by atoms with Gasteiger partial charge in [-0.05, 0) is 24.8 Å². The van der Waals surface area contributed by atoms with Crippen LogP contribution in [-0.4, -0.2) is 19.3 Å². The third-order valence-corrected chi connectivity index (χ3v) is 2.74. The summed E-state index contributed by atoms with van der Waals surface area (Å²) in [7, 11) is 0. The number of hydrogen-bond acceptors (Lipinski definition) is 2. The summed E-state index contributed by atoms with van der Waals surface area (Å²) in [6, 6.07) is 10.2. The normalized spacial score (nSPS) is 16.3. The van der Waals surface area contributed by atoms with Crippen LogP contribution in [0.25, 0.3) is 0 Å². The van der Waals surface area contributed by atoms with Crippen molar-refractivity contribution in [2.45, 2.75) is 32.0 Å². The first-order valence-electron chi connectivity index (χ1n) is 5.68. The van der Waals surface area contributed by atoms with Crippen molar-refractivity contribution in [2.24, 2.45) is 0 Å². The maximum Gasteiger partial charge on any atom is 0.0718 e. The molecule has 2 nitrogen and oxygen atoms in total. The van der Waals surface area contributed by atoms with Gasteiger partial charge in [-0.15, -0.1) is 0 Å². The summed E-state index contributed by atoms with van der Waals surface area (Å²) in [6.45, 7) is 2.12. The monoisotopic (exact) mass is 206 g/mol. The average Bonchev–Trinajstić information content (AvgIpc) is 2.22. The maximum absolute atomic E-state index is 5.59. The molecule has 0 spiro atoms. The minimum atomic E-state index is 0.519. The van der Waals surface area contributed by atoms with Gasteiger partial charge in [0.15, 0.2) is 0 Å². The molecule has 1 aromatic carbocycles. The predicted molar refractivity (Wildman–Crippen MR) is 59.7 cm³/mol. The Balaban J connectivity index is 1.51. The van der Waals surface area contributed by atoms with Crippen molar-refractivity contribution in [1.29, 1.82) is 0 Å². The van der Waals surface area contributed by atoms with E-state index in [2.05, 4.69) is 12.1 Å². The lowest BCUT2D eigenvalue weighted by Gasteiger charge is -2.25. The van der Waals surface area contributed by atoms with Gasteiger partial charge >= 0.3 is 0 Å². The minimum Gasteiger partial charge on any atom is -0.376 e. The summed E-state index contributed by atoms with van der Waals surface area (Å²) in [5.74, 6) is 0. The molecule has 1 saturated carbocycles. The smallest absolute Gasteiger partial charge is 0.0718 e. The minimum absolute atomic E-state index is 0.519. The van der Waals surface area contributed by atoms with Crippen molar-refractivity contribution < 1.29 is 9.47 Å². The highest BCUT2D eigenvalue weighted by Crippen LogP contribution is 2.21. The van der Waals surface area contributed by atoms with Gasteiger partial charge in [0.1, 0.15) is 0 Å². The molecule has 2 rings (SSSR count). The molecule has 82 valence electrons. The van der Waals surface area contributed by atoms with E-state index in [1.807, 2.05) is 18.2 Å². The Bertz CT molecular complexity index is 267. The Morgan fingerprint density at radius 2 is 1.87 bits per heavy atom. The molecule has 1 aliphatic carbocycles. The van der Waals surface area contributed by atoms with Crippen LogP contribution in [0.4, 0.5) is 0 Å². The fourth-order valence-corrected chi connectivity index (χ4v) is 1.58. The van der Waals surface area contributed by atoms with Gasteiger partial charge in [-0.1, -0.05) is 30.3 Å². The summed E-state index contributed by atoms with van der Waals surface area (Å²) >= 11 is 0. The van der Waals surface area contributed by atoms with Gasteiger partial charge in [0.25, 0.3) is 0 Å². The molecular formula is C13H18O2. The Labute approximate surface area is 91.2 Å². The van der Waals surface area contributed by atoms with Gasteiger partial charge in [0.2, 0.25) is 0 Å². The SMILES string of the molecule is c1ccc(COCCOC2CCC2)cc1. The molecule has 0 aliphatic heterocycles. The van der Waals surface area contributed by atoms with E-state index in [0.717, 1.165) is 6.61 Å². The highest BCUT2D eigenvalue weighted by molar-refractivity contribution is 5.13. The lowest BCUT2D eigenvalue weighted by atomic mass is 9.96. The number of rotatable bonds is 6. The van der Waals surface area contributed by atoms with Crippen molar-refractivity contribution in [3.63, 3.8) is 0 Å². The van der Waals surface area contributed by atoms with E-state index in [1.54, 1.807) is 0 Å². The summed E-state index contributed by atoms with van der Waals surface area (Å²) in [4.78, 5) is 0. The Morgan fingerprint density at radius 1 is 1.07 bits per heavy atom. The summed E-state index contributed by atoms with van der Waals surface area (Å²) in [5, 5.41) is 0. The quantitative estimate of drug-likeness (QED) is 0.666. The Kier molecular flexibility index (Phi) is 4.18. The highest BCUT2D eigenvalue weighted by atomic mass is 16.5. The third kappa shape index (κ3) is 3.65. The van der Waals surface area contributed by atoms with Crippen LogP contribution < -0.4 is 0 Å². The maximum atomic E-state index is 5.59. The molecular weight excluding hydrogens is 188 g/mol. The van der Waals surface area contributed by atoms with Crippen LogP contribution in [0.15, 0.2) is 30.3 Å². The van der Waals surface area contributed by atoms with Crippen molar-refractivity contribution in [3.05, 3.63) is 35.9 Å². The molecule has 15 heavy (non-hydrogen) atoms. The number of ether oxygens (including phenoxy) is 2. The molecule has 1 aliphatic rings. The van der Waals surface area contributed by atoms with E-state index in [4.69, 9.17) is 9.47 Å². The molecule has 1 aromatic rings. The van der Waals surface area contributed by atoms with Crippen molar-refractivity contribution in [3.8, 4) is 0 Å². The third-order valence-electron chi connectivity index (χ3n) is 2.74. The van der Waals surface area contributed by atoms with Crippen LogP contribution in [0.2, 0.25) is 0 Å². The number of benzene rings is 1. The average molecular weight is 206 g/mol. The van der Waals surface area contributed by atoms with E-state index >= 15 is 0 Å². The van der Waals surface area contributed by atoms with E-state index in [9.17, 15) is 0 Å². The van der Waals surface area contributed by atoms with Crippen LogP contribution >= 0.6 is 0 Å². The van der Waals surface area contributed by atoms with E-state index in [1.165, 1.54) is 24.8 Å². The van der Waals surface area contributed by atoms with Gasteiger partial charge in [-0.25, -0.2) is 0 Å². The van der Waals surface area contributed by atoms with Crippen LogP contribution in [-0.2, 0) is 16.1 Å². The van der Waals surface area contributed by atoms with E-state index in [-0.39, 0.29) is 0 Å². The first kappa shape index (κ1) is 10.7. The lowest BCUT2D eigenvalue weighted by molar-refractivity contribution is -0.0315. The van der Waals surface area contributed by atoms with Crippen molar-refractivity contribution in [2.75, 3.05) is 13.2 Å². The van der Waals surface area contributed by atoms with Gasteiger partial charge in [-0.3, -0.25) is 0 Å². The second kappa shape index (κ2) is 5.89. The van der Waals surface area contributed by atoms with Gasteiger partial charge in [-0.2, -0.15) is 0 Å². The highest BCUT2D eigenvalue weighted by Gasteiger charge is 2.16. The summed E-state index contributed by atoms with van der Waals surface area (Å²) < 4.78 is 11.1. The van der Waals surface area contributed by atoms with Crippen LogP contribution in [0.3, 0.4) is 0 Å². The van der Waals surface area contributed by atoms with Crippen LogP contribution in [0.1, 0.15) is 24.8 Å². The molecule has 0 heterocycles. The first-order valence-corrected chi connectivity index (χ1v) is 5.68. The molecule has 2 heteroatoms. The molecule has 0 amide bonds. The lowest BCUT2D eigenvalue weighted by Crippen LogP contribution is -2.23. The van der Waals surface area contributed by atoms with Gasteiger partial charge in [0.05, 0.1) is 25.9 Å². The van der Waals surface area contributed by atoms with E-state index in [0.29, 0.717) is 19.3 Å². The van der Waals surface area contributed by atoms with Gasteiger partial charge in [0, 0.05) is 0 Å². The largest absolute Gasteiger partial charge is 0.376 e. The second-order valence-electron chi connectivity index (χ2n) is 3.96. The molecule has 0 unspecified atom stereocenters. The fraction of sp³-hybridized carbons (Fsp3) is 0.538. The molecule has 1 fully saturated rings. The van der Waals surface area contributed by atoms with Crippen molar-refractivity contribution in [1.82, 2.24) is 0 Å². The van der Waals surface area contributed by atoms with Crippen LogP contribution in [0, 0.1) is 0 Å². The Hall–Kier alpha value is -0.860. The topological polar surface area (TPSA) is 18.5 Å². The first-order chi connectivity index (χ1) is 7.45. The molecule has 0 bridgehead atoms. The fourth-order valence-electron chi connectivity index (χ4n) is 1.58. The van der Waals surface area contributed by atoms with Crippen molar-refractivity contribution >= 4 is 0 Å². The summed E-state index contributed by atoms with van der Waals surface area (Å²) in [6.07, 6.45) is 4.32. The standard InChI is InChI=1S/C13H18O2/c1-2-5-12(6-3-1)11-14-9-10-15-13-7-4-8-13/h1-3,5-6,13H,4,7-11H2. The zero-order chi connectivity index (χ0) is 10.3. The predicted octanol–water partition coefficient (Wildman–Crippen LogP) is 2.77. The molecule has 0 saturated heterocycles. The second-order valence-corrected chi connectivity index (χ2v) is 3.96. The molecule has 0 N–H and O–H groups in total. The molecule has 0 aromatic heterocycles. The van der Waals surface area contributed by atoms with E-state index < -0.39 is 0 Å². The molecule has 0 radical (unpaired) electrons. The molecule has 0 atom stereocenters. The zero-order valence-electron chi connectivity index (χ0n) is 9.02.